The van der Waals surface area contributed by atoms with Crippen molar-refractivity contribution in [1.82, 2.24) is 9.97 Å². The van der Waals surface area contributed by atoms with Crippen LogP contribution in [0.5, 0.6) is 0 Å². The first kappa shape index (κ1) is 15.3. The maximum atomic E-state index is 13.4. The molecule has 6 heteroatoms. The number of carbonyl (C=O) groups is 1. The molecule has 1 fully saturated rings. The molecule has 3 aromatic rings. The molecule has 24 heavy (non-hydrogen) atoms. The Morgan fingerprint density at radius 3 is 2.83 bits per heavy atom. The Bertz CT molecular complexity index is 933. The van der Waals surface area contributed by atoms with Gasteiger partial charge in [-0.05, 0) is 65.2 Å². The fraction of sp³-hybridized carbons (Fsp3) is 0.222. The lowest BCUT2D eigenvalue weighted by atomic mass is 9.85. The standard InChI is InChI=1S/C18H15BrFN3O/c19-14-6-4-11(20)8-13(14)18(24)21-12-5-7-15-16(9-12)23-17(22-15)10-2-1-3-10/h4-10H,1-3H2,(H,21,24)(H,22,23). The number of amides is 1. The largest absolute Gasteiger partial charge is 0.342 e. The van der Waals surface area contributed by atoms with Crippen molar-refractivity contribution in [2.75, 3.05) is 5.32 Å². The molecular formula is C18H15BrFN3O. The second kappa shape index (κ2) is 6.02. The number of fused-ring (bicyclic) bond motifs is 1. The predicted molar refractivity (Wildman–Crippen MR) is 94.7 cm³/mol. The highest BCUT2D eigenvalue weighted by molar-refractivity contribution is 9.10. The summed E-state index contributed by atoms with van der Waals surface area (Å²) in [5, 5.41) is 2.80. The van der Waals surface area contributed by atoms with E-state index in [0.717, 1.165) is 16.9 Å². The second-order valence-electron chi connectivity index (χ2n) is 6.06. The van der Waals surface area contributed by atoms with Crippen LogP contribution in [0.15, 0.2) is 40.9 Å². The van der Waals surface area contributed by atoms with Crippen LogP contribution in [0, 0.1) is 5.82 Å². The van der Waals surface area contributed by atoms with Gasteiger partial charge in [0.25, 0.3) is 5.91 Å². The monoisotopic (exact) mass is 387 g/mol. The molecular weight excluding hydrogens is 373 g/mol. The van der Waals surface area contributed by atoms with Crippen LogP contribution in [0.25, 0.3) is 11.0 Å². The summed E-state index contributed by atoms with van der Waals surface area (Å²) in [4.78, 5) is 20.3. The molecule has 1 aliphatic rings. The molecule has 0 saturated heterocycles. The fourth-order valence-corrected chi connectivity index (χ4v) is 3.28. The first-order valence-corrected chi connectivity index (χ1v) is 8.65. The number of rotatable bonds is 3. The van der Waals surface area contributed by atoms with E-state index in [4.69, 9.17) is 0 Å². The fourth-order valence-electron chi connectivity index (χ4n) is 2.85. The van der Waals surface area contributed by atoms with E-state index in [1.165, 1.54) is 37.5 Å². The molecule has 0 aliphatic heterocycles. The molecule has 4 nitrogen and oxygen atoms in total. The van der Waals surface area contributed by atoms with Crippen LogP contribution >= 0.6 is 15.9 Å². The van der Waals surface area contributed by atoms with Gasteiger partial charge in [0, 0.05) is 16.1 Å². The number of benzene rings is 2. The highest BCUT2D eigenvalue weighted by Crippen LogP contribution is 2.35. The van der Waals surface area contributed by atoms with Crippen LogP contribution in [0.4, 0.5) is 10.1 Å². The Kier molecular flexibility index (Phi) is 3.84. The van der Waals surface area contributed by atoms with Crippen molar-refractivity contribution in [3.63, 3.8) is 0 Å². The van der Waals surface area contributed by atoms with Gasteiger partial charge in [0.05, 0.1) is 16.6 Å². The molecule has 1 saturated carbocycles. The highest BCUT2D eigenvalue weighted by Gasteiger charge is 2.22. The first-order chi connectivity index (χ1) is 11.6. The summed E-state index contributed by atoms with van der Waals surface area (Å²) in [5.74, 6) is 0.739. The van der Waals surface area contributed by atoms with E-state index in [0.29, 0.717) is 16.1 Å². The third kappa shape index (κ3) is 2.82. The van der Waals surface area contributed by atoms with Crippen molar-refractivity contribution in [3.05, 3.63) is 58.1 Å². The lowest BCUT2D eigenvalue weighted by molar-refractivity contribution is 0.102. The number of aromatic nitrogens is 2. The maximum absolute atomic E-state index is 13.4. The van der Waals surface area contributed by atoms with E-state index in [2.05, 4.69) is 31.2 Å². The number of hydrogen-bond donors (Lipinski definition) is 2. The van der Waals surface area contributed by atoms with Crippen LogP contribution in [-0.4, -0.2) is 15.9 Å². The van der Waals surface area contributed by atoms with E-state index in [1.807, 2.05) is 12.1 Å². The van der Waals surface area contributed by atoms with Crippen molar-refractivity contribution < 1.29 is 9.18 Å². The molecule has 0 atom stereocenters. The molecule has 1 amide bonds. The molecule has 0 unspecified atom stereocenters. The molecule has 2 N–H and O–H groups in total. The van der Waals surface area contributed by atoms with Crippen molar-refractivity contribution in [1.29, 1.82) is 0 Å². The quantitative estimate of drug-likeness (QED) is 0.665. The number of aromatic amines is 1. The summed E-state index contributed by atoms with van der Waals surface area (Å²) < 4.78 is 13.9. The number of H-pyrrole nitrogens is 1. The number of nitrogens with zero attached hydrogens (tertiary/aromatic N) is 1. The van der Waals surface area contributed by atoms with Crippen molar-refractivity contribution in [2.24, 2.45) is 0 Å². The van der Waals surface area contributed by atoms with E-state index in [-0.39, 0.29) is 11.5 Å². The van der Waals surface area contributed by atoms with Crippen LogP contribution in [0.1, 0.15) is 41.4 Å². The minimum absolute atomic E-state index is 0.259. The van der Waals surface area contributed by atoms with E-state index >= 15 is 0 Å². The molecule has 2 aromatic carbocycles. The summed E-state index contributed by atoms with van der Waals surface area (Å²) in [6.07, 6.45) is 3.61. The van der Waals surface area contributed by atoms with Gasteiger partial charge in [-0.15, -0.1) is 0 Å². The molecule has 4 rings (SSSR count). The molecule has 122 valence electrons. The summed E-state index contributed by atoms with van der Waals surface area (Å²) >= 11 is 3.27. The third-order valence-electron chi connectivity index (χ3n) is 4.42. The van der Waals surface area contributed by atoms with Gasteiger partial charge in [-0.1, -0.05) is 6.42 Å². The Balaban J connectivity index is 1.59. The normalized spacial score (nSPS) is 14.6. The molecule has 0 radical (unpaired) electrons. The summed E-state index contributed by atoms with van der Waals surface area (Å²) in [7, 11) is 0. The lowest BCUT2D eigenvalue weighted by Gasteiger charge is -2.22. The zero-order valence-corrected chi connectivity index (χ0v) is 14.4. The van der Waals surface area contributed by atoms with E-state index < -0.39 is 5.82 Å². The van der Waals surface area contributed by atoms with Gasteiger partial charge in [0.1, 0.15) is 11.6 Å². The van der Waals surface area contributed by atoms with E-state index in [9.17, 15) is 9.18 Å². The van der Waals surface area contributed by atoms with Gasteiger partial charge in [0.2, 0.25) is 0 Å². The molecule has 0 bridgehead atoms. The van der Waals surface area contributed by atoms with Gasteiger partial charge in [0.15, 0.2) is 0 Å². The van der Waals surface area contributed by atoms with Crippen molar-refractivity contribution in [2.45, 2.75) is 25.2 Å². The Morgan fingerprint density at radius 1 is 1.25 bits per heavy atom. The van der Waals surface area contributed by atoms with Gasteiger partial charge < -0.3 is 10.3 Å². The molecule has 1 aliphatic carbocycles. The van der Waals surface area contributed by atoms with Crippen LogP contribution < -0.4 is 5.32 Å². The average molecular weight is 388 g/mol. The Morgan fingerprint density at radius 2 is 2.08 bits per heavy atom. The zero-order chi connectivity index (χ0) is 16.7. The van der Waals surface area contributed by atoms with E-state index in [1.54, 1.807) is 6.07 Å². The average Bonchev–Trinajstić information content (AvgIpc) is 2.90. The van der Waals surface area contributed by atoms with Gasteiger partial charge in [-0.3, -0.25) is 4.79 Å². The number of halogens is 2. The summed E-state index contributed by atoms with van der Waals surface area (Å²) in [6.45, 7) is 0. The molecule has 0 spiro atoms. The number of carbonyl (C=O) groups excluding carboxylic acids is 1. The van der Waals surface area contributed by atoms with Crippen LogP contribution in [-0.2, 0) is 0 Å². The number of hydrogen-bond acceptors (Lipinski definition) is 2. The number of nitrogens with one attached hydrogen (secondary N) is 2. The predicted octanol–water partition coefficient (Wildman–Crippen LogP) is 4.98. The van der Waals surface area contributed by atoms with Crippen LogP contribution in [0.3, 0.4) is 0 Å². The second-order valence-corrected chi connectivity index (χ2v) is 6.91. The minimum atomic E-state index is -0.447. The van der Waals surface area contributed by atoms with Crippen molar-refractivity contribution >= 4 is 38.6 Å². The molecule has 1 aromatic heterocycles. The SMILES string of the molecule is O=C(Nc1ccc2nc(C3CCC3)[nH]c2c1)c1cc(F)ccc1Br. The lowest BCUT2D eigenvalue weighted by Crippen LogP contribution is -2.12. The zero-order valence-electron chi connectivity index (χ0n) is 12.8. The smallest absolute Gasteiger partial charge is 0.256 e. The third-order valence-corrected chi connectivity index (χ3v) is 5.11. The Hall–Kier alpha value is -2.21. The van der Waals surface area contributed by atoms with Gasteiger partial charge in [-0.2, -0.15) is 0 Å². The van der Waals surface area contributed by atoms with Gasteiger partial charge >= 0.3 is 0 Å². The van der Waals surface area contributed by atoms with Crippen LogP contribution in [0.2, 0.25) is 0 Å². The number of imidazole rings is 1. The molecule has 1 heterocycles. The summed E-state index contributed by atoms with van der Waals surface area (Å²) in [6, 6.07) is 9.58. The topological polar surface area (TPSA) is 57.8 Å². The minimum Gasteiger partial charge on any atom is -0.342 e. The first-order valence-electron chi connectivity index (χ1n) is 7.86. The van der Waals surface area contributed by atoms with Gasteiger partial charge in [-0.25, -0.2) is 9.37 Å². The highest BCUT2D eigenvalue weighted by atomic mass is 79.9. The number of anilines is 1. The maximum Gasteiger partial charge on any atom is 0.256 e. The summed E-state index contributed by atoms with van der Waals surface area (Å²) in [5.41, 5.74) is 2.69. The van der Waals surface area contributed by atoms with Crippen molar-refractivity contribution in [3.8, 4) is 0 Å². The Labute approximate surface area is 146 Å².